The zero-order chi connectivity index (χ0) is 13.8. The smallest absolute Gasteiger partial charge is 0.120 e. The SMILES string of the molecule is Cc1ccccc1C(C)NCc1cc(Cl)ccc1O. The average molecular weight is 276 g/mol. The lowest BCUT2D eigenvalue weighted by molar-refractivity contribution is 0.460. The molecular weight excluding hydrogens is 258 g/mol. The first kappa shape index (κ1) is 13.9. The molecule has 2 aromatic carbocycles. The van der Waals surface area contributed by atoms with Crippen molar-refractivity contribution in [1.82, 2.24) is 5.32 Å². The van der Waals surface area contributed by atoms with Gasteiger partial charge in [-0.15, -0.1) is 0 Å². The van der Waals surface area contributed by atoms with Crippen LogP contribution < -0.4 is 5.32 Å². The van der Waals surface area contributed by atoms with Crippen molar-refractivity contribution in [3.8, 4) is 5.75 Å². The third kappa shape index (κ3) is 3.49. The van der Waals surface area contributed by atoms with E-state index in [9.17, 15) is 5.11 Å². The van der Waals surface area contributed by atoms with Crippen molar-refractivity contribution in [2.24, 2.45) is 0 Å². The summed E-state index contributed by atoms with van der Waals surface area (Å²) in [5.74, 6) is 0.272. The summed E-state index contributed by atoms with van der Waals surface area (Å²) in [5, 5.41) is 13.8. The van der Waals surface area contributed by atoms with Gasteiger partial charge >= 0.3 is 0 Å². The van der Waals surface area contributed by atoms with Crippen LogP contribution in [-0.2, 0) is 6.54 Å². The second-order valence-electron chi connectivity index (χ2n) is 4.73. The molecule has 0 spiro atoms. The van der Waals surface area contributed by atoms with Crippen molar-refractivity contribution in [1.29, 1.82) is 0 Å². The number of hydrogen-bond acceptors (Lipinski definition) is 2. The summed E-state index contributed by atoms with van der Waals surface area (Å²) in [5.41, 5.74) is 3.34. The highest BCUT2D eigenvalue weighted by Gasteiger charge is 2.09. The van der Waals surface area contributed by atoms with Crippen molar-refractivity contribution in [2.75, 3.05) is 0 Å². The molecule has 0 saturated heterocycles. The monoisotopic (exact) mass is 275 g/mol. The third-order valence-corrected chi connectivity index (χ3v) is 3.53. The van der Waals surface area contributed by atoms with Gasteiger partial charge < -0.3 is 10.4 Å². The maximum atomic E-state index is 9.77. The fourth-order valence-electron chi connectivity index (χ4n) is 2.14. The van der Waals surface area contributed by atoms with E-state index in [1.165, 1.54) is 11.1 Å². The van der Waals surface area contributed by atoms with Crippen LogP contribution >= 0.6 is 11.6 Å². The molecule has 0 amide bonds. The standard InChI is InChI=1S/C16H18ClNO/c1-11-5-3-4-6-15(11)12(2)18-10-13-9-14(17)7-8-16(13)19/h3-9,12,18-19H,10H2,1-2H3. The van der Waals surface area contributed by atoms with Gasteiger partial charge in [-0.3, -0.25) is 0 Å². The first-order valence-electron chi connectivity index (χ1n) is 6.34. The molecule has 1 atom stereocenters. The molecule has 2 aromatic rings. The van der Waals surface area contributed by atoms with Gasteiger partial charge in [0, 0.05) is 23.2 Å². The van der Waals surface area contributed by atoms with Gasteiger partial charge in [-0.25, -0.2) is 0 Å². The maximum Gasteiger partial charge on any atom is 0.120 e. The van der Waals surface area contributed by atoms with E-state index in [0.717, 1.165) is 5.56 Å². The van der Waals surface area contributed by atoms with Crippen molar-refractivity contribution in [3.63, 3.8) is 0 Å². The van der Waals surface area contributed by atoms with Crippen molar-refractivity contribution < 1.29 is 5.11 Å². The molecule has 100 valence electrons. The molecule has 0 aliphatic carbocycles. The van der Waals surface area contributed by atoms with Crippen molar-refractivity contribution in [3.05, 3.63) is 64.2 Å². The van der Waals surface area contributed by atoms with Gasteiger partial charge in [0.1, 0.15) is 5.75 Å². The zero-order valence-corrected chi connectivity index (χ0v) is 11.9. The molecule has 0 saturated carbocycles. The van der Waals surface area contributed by atoms with Crippen LogP contribution in [0.5, 0.6) is 5.75 Å². The largest absolute Gasteiger partial charge is 0.508 e. The fourth-order valence-corrected chi connectivity index (χ4v) is 2.34. The lowest BCUT2D eigenvalue weighted by Crippen LogP contribution is -2.18. The Hall–Kier alpha value is -1.51. The lowest BCUT2D eigenvalue weighted by Gasteiger charge is -2.17. The minimum Gasteiger partial charge on any atom is -0.508 e. The van der Waals surface area contributed by atoms with Crippen molar-refractivity contribution >= 4 is 11.6 Å². The van der Waals surface area contributed by atoms with Crippen LogP contribution in [0.3, 0.4) is 0 Å². The predicted molar refractivity (Wildman–Crippen MR) is 79.6 cm³/mol. The number of aryl methyl sites for hydroxylation is 1. The number of benzene rings is 2. The summed E-state index contributed by atoms with van der Waals surface area (Å²) < 4.78 is 0. The van der Waals surface area contributed by atoms with E-state index in [4.69, 9.17) is 11.6 Å². The second-order valence-corrected chi connectivity index (χ2v) is 5.17. The molecule has 19 heavy (non-hydrogen) atoms. The van der Waals surface area contributed by atoms with Crippen LogP contribution in [0.15, 0.2) is 42.5 Å². The minimum atomic E-state index is 0.222. The Labute approximate surface area is 119 Å². The van der Waals surface area contributed by atoms with E-state index in [1.54, 1.807) is 18.2 Å². The van der Waals surface area contributed by atoms with Crippen LogP contribution in [0.4, 0.5) is 0 Å². The van der Waals surface area contributed by atoms with E-state index in [1.807, 2.05) is 12.1 Å². The molecular formula is C16H18ClNO. The number of rotatable bonds is 4. The lowest BCUT2D eigenvalue weighted by atomic mass is 10.0. The molecule has 0 aliphatic rings. The molecule has 0 radical (unpaired) electrons. The Kier molecular flexibility index (Phi) is 4.46. The number of hydrogen-bond donors (Lipinski definition) is 2. The minimum absolute atomic E-state index is 0.222. The highest BCUT2D eigenvalue weighted by atomic mass is 35.5. The number of aromatic hydroxyl groups is 1. The molecule has 1 unspecified atom stereocenters. The average Bonchev–Trinajstić information content (AvgIpc) is 2.40. The quantitative estimate of drug-likeness (QED) is 0.876. The molecule has 0 aromatic heterocycles. The first-order chi connectivity index (χ1) is 9.08. The Morgan fingerprint density at radius 1 is 1.21 bits per heavy atom. The Morgan fingerprint density at radius 3 is 2.68 bits per heavy atom. The summed E-state index contributed by atoms with van der Waals surface area (Å²) in [4.78, 5) is 0. The molecule has 0 aliphatic heterocycles. The van der Waals surface area contributed by atoms with Crippen LogP contribution in [0.1, 0.15) is 29.7 Å². The number of nitrogens with one attached hydrogen (secondary N) is 1. The van der Waals surface area contributed by atoms with E-state index >= 15 is 0 Å². The van der Waals surface area contributed by atoms with Crippen LogP contribution in [0, 0.1) is 6.92 Å². The van der Waals surface area contributed by atoms with Gasteiger partial charge in [0.2, 0.25) is 0 Å². The second kappa shape index (κ2) is 6.09. The van der Waals surface area contributed by atoms with Crippen LogP contribution in [-0.4, -0.2) is 5.11 Å². The summed E-state index contributed by atoms with van der Waals surface area (Å²) in [7, 11) is 0. The number of phenolic OH excluding ortho intramolecular Hbond substituents is 1. The Bertz CT molecular complexity index is 568. The Morgan fingerprint density at radius 2 is 1.95 bits per heavy atom. The summed E-state index contributed by atoms with van der Waals surface area (Å²) in [6.07, 6.45) is 0. The summed E-state index contributed by atoms with van der Waals surface area (Å²) >= 11 is 5.94. The highest BCUT2D eigenvalue weighted by Crippen LogP contribution is 2.23. The summed E-state index contributed by atoms with van der Waals surface area (Å²) in [6.45, 7) is 4.80. The van der Waals surface area contributed by atoms with E-state index in [2.05, 4.69) is 31.3 Å². The highest BCUT2D eigenvalue weighted by molar-refractivity contribution is 6.30. The van der Waals surface area contributed by atoms with E-state index in [0.29, 0.717) is 11.6 Å². The van der Waals surface area contributed by atoms with Gasteiger partial charge in [0.15, 0.2) is 0 Å². The number of phenols is 1. The fraction of sp³-hybridized carbons (Fsp3) is 0.250. The van der Waals surface area contributed by atoms with Crippen molar-refractivity contribution in [2.45, 2.75) is 26.4 Å². The molecule has 0 fully saturated rings. The van der Waals surface area contributed by atoms with Gasteiger partial charge in [-0.1, -0.05) is 35.9 Å². The zero-order valence-electron chi connectivity index (χ0n) is 11.2. The van der Waals surface area contributed by atoms with Gasteiger partial charge in [-0.2, -0.15) is 0 Å². The molecule has 0 bridgehead atoms. The first-order valence-corrected chi connectivity index (χ1v) is 6.72. The molecule has 2 rings (SSSR count). The van der Waals surface area contributed by atoms with Gasteiger partial charge in [0.05, 0.1) is 0 Å². The number of halogens is 1. The van der Waals surface area contributed by atoms with Gasteiger partial charge in [0.25, 0.3) is 0 Å². The molecule has 2 N–H and O–H groups in total. The molecule has 3 heteroatoms. The normalized spacial score (nSPS) is 12.4. The Balaban J connectivity index is 2.06. The topological polar surface area (TPSA) is 32.3 Å². The van der Waals surface area contributed by atoms with Crippen LogP contribution in [0.2, 0.25) is 5.02 Å². The molecule has 2 nitrogen and oxygen atoms in total. The molecule has 0 heterocycles. The third-order valence-electron chi connectivity index (χ3n) is 3.30. The van der Waals surface area contributed by atoms with Crippen LogP contribution in [0.25, 0.3) is 0 Å². The summed E-state index contributed by atoms with van der Waals surface area (Å²) in [6, 6.07) is 13.6. The van der Waals surface area contributed by atoms with E-state index < -0.39 is 0 Å². The van der Waals surface area contributed by atoms with E-state index in [-0.39, 0.29) is 11.8 Å². The predicted octanol–water partition coefficient (Wildman–Crippen LogP) is 4.20. The maximum absolute atomic E-state index is 9.77. The van der Waals surface area contributed by atoms with Gasteiger partial charge in [-0.05, 0) is 43.2 Å².